The highest BCUT2D eigenvalue weighted by Crippen LogP contribution is 2.31. The molecule has 1 saturated heterocycles. The summed E-state index contributed by atoms with van der Waals surface area (Å²) in [7, 11) is 0. The molecular formula is C14H21N5O2. The van der Waals surface area contributed by atoms with Gasteiger partial charge in [-0.15, -0.1) is 0 Å². The van der Waals surface area contributed by atoms with Crippen LogP contribution in [-0.4, -0.2) is 33.9 Å². The van der Waals surface area contributed by atoms with Crippen LogP contribution >= 0.6 is 0 Å². The van der Waals surface area contributed by atoms with Crippen molar-refractivity contribution in [1.29, 1.82) is 5.26 Å². The van der Waals surface area contributed by atoms with E-state index in [0.29, 0.717) is 36.7 Å². The van der Waals surface area contributed by atoms with Crippen LogP contribution in [0, 0.1) is 17.2 Å². The van der Waals surface area contributed by atoms with Crippen molar-refractivity contribution >= 4 is 17.6 Å². The fourth-order valence-corrected chi connectivity index (χ4v) is 2.63. The first-order valence-corrected chi connectivity index (χ1v) is 7.02. The Hall–Kier alpha value is -2.23. The SMILES string of the molecule is CC(C)(C)n1nc(N2CCCC(C(=O)O)C2)c(C#N)c1N. The number of hydrogen-bond acceptors (Lipinski definition) is 5. The Morgan fingerprint density at radius 1 is 1.52 bits per heavy atom. The summed E-state index contributed by atoms with van der Waals surface area (Å²) in [4.78, 5) is 13.0. The van der Waals surface area contributed by atoms with Gasteiger partial charge < -0.3 is 15.7 Å². The van der Waals surface area contributed by atoms with E-state index in [1.165, 1.54) is 0 Å². The molecule has 1 aromatic rings. The van der Waals surface area contributed by atoms with Crippen molar-refractivity contribution in [3.63, 3.8) is 0 Å². The summed E-state index contributed by atoms with van der Waals surface area (Å²) in [5.41, 5.74) is 6.03. The molecule has 21 heavy (non-hydrogen) atoms. The Bertz CT molecular complexity index is 594. The molecule has 1 unspecified atom stereocenters. The van der Waals surface area contributed by atoms with Crippen LogP contribution in [0.1, 0.15) is 39.2 Å². The van der Waals surface area contributed by atoms with Gasteiger partial charge in [0.1, 0.15) is 17.5 Å². The molecule has 3 N–H and O–H groups in total. The van der Waals surface area contributed by atoms with Gasteiger partial charge in [0.05, 0.1) is 11.5 Å². The monoisotopic (exact) mass is 291 g/mol. The van der Waals surface area contributed by atoms with Crippen LogP contribution in [0.15, 0.2) is 0 Å². The number of anilines is 2. The third-order valence-corrected chi connectivity index (χ3v) is 3.72. The van der Waals surface area contributed by atoms with Gasteiger partial charge in [-0.05, 0) is 33.6 Å². The highest BCUT2D eigenvalue weighted by Gasteiger charge is 2.31. The Morgan fingerprint density at radius 2 is 2.19 bits per heavy atom. The molecule has 0 aromatic carbocycles. The van der Waals surface area contributed by atoms with Crippen LogP contribution in [0.25, 0.3) is 0 Å². The number of hydrogen-bond donors (Lipinski definition) is 2. The van der Waals surface area contributed by atoms with Gasteiger partial charge in [0.2, 0.25) is 0 Å². The molecular weight excluding hydrogens is 270 g/mol. The van der Waals surface area contributed by atoms with E-state index in [1.54, 1.807) is 4.68 Å². The summed E-state index contributed by atoms with van der Waals surface area (Å²) in [6, 6.07) is 2.10. The molecule has 1 aliphatic heterocycles. The third kappa shape index (κ3) is 2.79. The number of nitriles is 1. The van der Waals surface area contributed by atoms with Gasteiger partial charge >= 0.3 is 5.97 Å². The fraction of sp³-hybridized carbons (Fsp3) is 0.643. The minimum absolute atomic E-state index is 0.330. The quantitative estimate of drug-likeness (QED) is 0.852. The van der Waals surface area contributed by atoms with Crippen LogP contribution in [0.4, 0.5) is 11.6 Å². The Morgan fingerprint density at radius 3 is 2.71 bits per heavy atom. The van der Waals surface area contributed by atoms with Gasteiger partial charge in [0.25, 0.3) is 0 Å². The van der Waals surface area contributed by atoms with Gasteiger partial charge in [-0.3, -0.25) is 4.79 Å². The van der Waals surface area contributed by atoms with Crippen molar-refractivity contribution in [3.05, 3.63) is 5.56 Å². The molecule has 0 amide bonds. The average Bonchev–Trinajstić information content (AvgIpc) is 2.75. The second kappa shape index (κ2) is 5.28. The lowest BCUT2D eigenvalue weighted by molar-refractivity contribution is -0.141. The predicted molar refractivity (Wildman–Crippen MR) is 78.9 cm³/mol. The van der Waals surface area contributed by atoms with E-state index < -0.39 is 11.9 Å². The van der Waals surface area contributed by atoms with E-state index >= 15 is 0 Å². The lowest BCUT2D eigenvalue weighted by Gasteiger charge is -2.31. The molecule has 2 rings (SSSR count). The van der Waals surface area contributed by atoms with Gasteiger partial charge in [0.15, 0.2) is 5.82 Å². The van der Waals surface area contributed by atoms with Crippen molar-refractivity contribution < 1.29 is 9.90 Å². The van der Waals surface area contributed by atoms with Crippen molar-refractivity contribution in [1.82, 2.24) is 9.78 Å². The molecule has 114 valence electrons. The summed E-state index contributed by atoms with van der Waals surface area (Å²) in [5.74, 6) is -0.402. The van der Waals surface area contributed by atoms with E-state index in [9.17, 15) is 15.2 Å². The number of carboxylic acids is 1. The second-order valence-corrected chi connectivity index (χ2v) is 6.40. The lowest BCUT2D eigenvalue weighted by atomic mass is 9.98. The number of aromatic nitrogens is 2. The topological polar surface area (TPSA) is 108 Å². The largest absolute Gasteiger partial charge is 0.481 e. The van der Waals surface area contributed by atoms with Gasteiger partial charge in [-0.1, -0.05) is 0 Å². The molecule has 2 heterocycles. The van der Waals surface area contributed by atoms with E-state index in [2.05, 4.69) is 11.2 Å². The minimum atomic E-state index is -0.804. The molecule has 7 heteroatoms. The fourth-order valence-electron chi connectivity index (χ4n) is 2.63. The molecule has 1 atom stereocenters. The Labute approximate surface area is 123 Å². The van der Waals surface area contributed by atoms with Crippen LogP contribution in [0.3, 0.4) is 0 Å². The van der Waals surface area contributed by atoms with Crippen LogP contribution < -0.4 is 10.6 Å². The number of nitrogen functional groups attached to an aromatic ring is 1. The third-order valence-electron chi connectivity index (χ3n) is 3.72. The molecule has 1 fully saturated rings. The normalized spacial score (nSPS) is 19.3. The van der Waals surface area contributed by atoms with Gasteiger partial charge in [-0.25, -0.2) is 4.68 Å². The first-order valence-electron chi connectivity index (χ1n) is 7.02. The first-order chi connectivity index (χ1) is 9.75. The highest BCUT2D eigenvalue weighted by atomic mass is 16.4. The van der Waals surface area contributed by atoms with E-state index in [-0.39, 0.29) is 5.54 Å². The van der Waals surface area contributed by atoms with E-state index in [4.69, 9.17) is 5.73 Å². The van der Waals surface area contributed by atoms with Crippen molar-refractivity contribution in [2.45, 2.75) is 39.2 Å². The summed E-state index contributed by atoms with van der Waals surface area (Å²) >= 11 is 0. The average molecular weight is 291 g/mol. The summed E-state index contributed by atoms with van der Waals surface area (Å²) < 4.78 is 1.63. The molecule has 1 aliphatic rings. The van der Waals surface area contributed by atoms with E-state index in [1.807, 2.05) is 25.7 Å². The first kappa shape index (κ1) is 15.2. The number of piperidine rings is 1. The predicted octanol–water partition coefficient (Wildman–Crippen LogP) is 1.39. The maximum atomic E-state index is 11.2. The second-order valence-electron chi connectivity index (χ2n) is 6.40. The zero-order valence-corrected chi connectivity index (χ0v) is 12.6. The maximum Gasteiger partial charge on any atom is 0.308 e. The molecule has 0 radical (unpaired) electrons. The number of carboxylic acid groups (broad SMARTS) is 1. The van der Waals surface area contributed by atoms with Crippen LogP contribution in [-0.2, 0) is 10.3 Å². The minimum Gasteiger partial charge on any atom is -0.481 e. The lowest BCUT2D eigenvalue weighted by Crippen LogP contribution is -2.39. The van der Waals surface area contributed by atoms with E-state index in [0.717, 1.165) is 6.42 Å². The standard InChI is InChI=1S/C14H21N5O2/c1-14(2,3)19-11(16)10(7-15)12(17-19)18-6-4-5-9(8-18)13(20)21/h9H,4-6,8,16H2,1-3H3,(H,20,21). The number of rotatable bonds is 2. The molecule has 0 spiro atoms. The van der Waals surface area contributed by atoms with Crippen molar-refractivity contribution in [3.8, 4) is 6.07 Å². The molecule has 1 aromatic heterocycles. The smallest absolute Gasteiger partial charge is 0.308 e. The number of aliphatic carboxylic acids is 1. The highest BCUT2D eigenvalue weighted by molar-refractivity contribution is 5.72. The van der Waals surface area contributed by atoms with Crippen LogP contribution in [0.5, 0.6) is 0 Å². The van der Waals surface area contributed by atoms with Crippen LogP contribution in [0.2, 0.25) is 0 Å². The number of nitrogens with zero attached hydrogens (tertiary/aromatic N) is 4. The summed E-state index contributed by atoms with van der Waals surface area (Å²) in [6.45, 7) is 6.93. The molecule has 0 aliphatic carbocycles. The Kier molecular flexibility index (Phi) is 3.81. The summed E-state index contributed by atoms with van der Waals surface area (Å²) in [5, 5.41) is 23.0. The van der Waals surface area contributed by atoms with Crippen molar-refractivity contribution in [2.75, 3.05) is 23.7 Å². The molecule has 0 saturated carbocycles. The summed E-state index contributed by atoms with van der Waals surface area (Å²) in [6.07, 6.45) is 1.42. The number of carbonyl (C=O) groups is 1. The number of nitrogens with two attached hydrogens (primary N) is 1. The Balaban J connectivity index is 2.40. The van der Waals surface area contributed by atoms with Crippen molar-refractivity contribution in [2.24, 2.45) is 5.92 Å². The van der Waals surface area contributed by atoms with Gasteiger partial charge in [0, 0.05) is 13.1 Å². The van der Waals surface area contributed by atoms with Gasteiger partial charge in [-0.2, -0.15) is 10.4 Å². The molecule has 0 bridgehead atoms. The molecule has 7 nitrogen and oxygen atoms in total. The zero-order valence-electron chi connectivity index (χ0n) is 12.6. The zero-order chi connectivity index (χ0) is 15.8. The maximum absolute atomic E-state index is 11.2.